The molecule has 2 aromatic rings. The van der Waals surface area contributed by atoms with Crippen LogP contribution in [0.15, 0.2) is 42.5 Å². The molecule has 2 N–H and O–H groups in total. The van der Waals surface area contributed by atoms with Gasteiger partial charge in [-0.25, -0.2) is 0 Å². The highest BCUT2D eigenvalue weighted by Gasteiger charge is 2.25. The predicted molar refractivity (Wildman–Crippen MR) is 102 cm³/mol. The molecule has 0 aromatic heterocycles. The molecular weight excluding hydrogens is 310 g/mol. The zero-order valence-electron chi connectivity index (χ0n) is 15.1. The summed E-state index contributed by atoms with van der Waals surface area (Å²) < 4.78 is 0. The number of aliphatic carboxylic acids is 1. The molecule has 0 saturated heterocycles. The Balaban J connectivity index is 1.55. The Morgan fingerprint density at radius 3 is 2.12 bits per heavy atom. The first-order valence-corrected chi connectivity index (χ1v) is 9.15. The number of rotatable bonds is 5. The van der Waals surface area contributed by atoms with Gasteiger partial charge in [-0.15, -0.1) is 0 Å². The summed E-state index contributed by atoms with van der Waals surface area (Å²) in [6.07, 6.45) is 3.49. The van der Waals surface area contributed by atoms with E-state index in [2.05, 4.69) is 61.6 Å². The third-order valence-electron chi connectivity index (χ3n) is 5.18. The highest BCUT2D eigenvalue weighted by molar-refractivity contribution is 5.70. The molecule has 0 unspecified atom stereocenters. The molecule has 1 fully saturated rings. The Morgan fingerprint density at radius 2 is 1.56 bits per heavy atom. The number of nitrogens with one attached hydrogen (secondary N) is 1. The van der Waals surface area contributed by atoms with Gasteiger partial charge < -0.3 is 10.4 Å². The maximum atomic E-state index is 11.0. The first-order valence-electron chi connectivity index (χ1n) is 9.15. The van der Waals surface area contributed by atoms with Gasteiger partial charge in [0, 0.05) is 12.6 Å². The molecule has 0 amide bonds. The van der Waals surface area contributed by atoms with Crippen LogP contribution in [0, 0.1) is 19.8 Å². The van der Waals surface area contributed by atoms with Crippen molar-refractivity contribution in [2.75, 3.05) is 0 Å². The monoisotopic (exact) mass is 337 g/mol. The summed E-state index contributed by atoms with van der Waals surface area (Å²) in [7, 11) is 0. The van der Waals surface area contributed by atoms with Crippen LogP contribution in [-0.2, 0) is 11.3 Å². The van der Waals surface area contributed by atoms with Crippen molar-refractivity contribution in [3.05, 3.63) is 59.2 Å². The van der Waals surface area contributed by atoms with Crippen LogP contribution in [0.5, 0.6) is 0 Å². The van der Waals surface area contributed by atoms with Crippen LogP contribution < -0.4 is 5.32 Å². The minimum atomic E-state index is -0.638. The minimum absolute atomic E-state index is 0.143. The summed E-state index contributed by atoms with van der Waals surface area (Å²) in [5.74, 6) is -0.782. The van der Waals surface area contributed by atoms with Crippen LogP contribution in [0.1, 0.15) is 42.4 Å². The first-order chi connectivity index (χ1) is 12.0. The Bertz CT molecular complexity index is 708. The second-order valence-corrected chi connectivity index (χ2v) is 7.34. The van der Waals surface area contributed by atoms with Gasteiger partial charge in [0.1, 0.15) is 0 Å². The highest BCUT2D eigenvalue weighted by atomic mass is 16.4. The molecule has 0 spiro atoms. The lowest BCUT2D eigenvalue weighted by Gasteiger charge is -2.27. The number of carboxylic acid groups (broad SMARTS) is 1. The molecule has 1 aliphatic rings. The average Bonchev–Trinajstić information content (AvgIpc) is 2.60. The summed E-state index contributed by atoms with van der Waals surface area (Å²) in [6, 6.07) is 15.8. The summed E-state index contributed by atoms with van der Waals surface area (Å²) in [4.78, 5) is 11.0. The number of carbonyl (C=O) groups is 1. The van der Waals surface area contributed by atoms with Crippen LogP contribution >= 0.6 is 0 Å². The molecule has 2 aromatic carbocycles. The lowest BCUT2D eigenvalue weighted by atomic mass is 9.86. The van der Waals surface area contributed by atoms with Gasteiger partial charge in [-0.05, 0) is 56.2 Å². The Morgan fingerprint density at radius 1 is 0.960 bits per heavy atom. The standard InChI is InChI=1S/C22H27NO2/c1-15-11-16(2)13-20(12-15)18-5-3-17(4-6-18)14-23-21-9-7-19(8-10-21)22(24)25/h3-6,11-13,19,21,23H,7-10,14H2,1-2H3,(H,24,25). The van der Waals surface area contributed by atoms with Gasteiger partial charge in [-0.1, -0.05) is 53.6 Å². The van der Waals surface area contributed by atoms with Crippen molar-refractivity contribution in [2.24, 2.45) is 5.92 Å². The fourth-order valence-corrected chi connectivity index (χ4v) is 3.76. The van der Waals surface area contributed by atoms with Gasteiger partial charge in [0.15, 0.2) is 0 Å². The summed E-state index contributed by atoms with van der Waals surface area (Å²) in [5, 5.41) is 12.6. The van der Waals surface area contributed by atoms with Gasteiger partial charge >= 0.3 is 5.97 Å². The average molecular weight is 337 g/mol. The lowest BCUT2D eigenvalue weighted by molar-refractivity contribution is -0.142. The highest BCUT2D eigenvalue weighted by Crippen LogP contribution is 2.25. The molecule has 1 saturated carbocycles. The van der Waals surface area contributed by atoms with Crippen molar-refractivity contribution in [2.45, 2.75) is 52.1 Å². The molecule has 0 heterocycles. The number of aryl methyl sites for hydroxylation is 2. The molecule has 0 radical (unpaired) electrons. The molecule has 3 rings (SSSR count). The van der Waals surface area contributed by atoms with Crippen molar-refractivity contribution in [1.29, 1.82) is 0 Å². The van der Waals surface area contributed by atoms with E-state index in [1.54, 1.807) is 0 Å². The van der Waals surface area contributed by atoms with Gasteiger partial charge in [-0.2, -0.15) is 0 Å². The molecule has 3 nitrogen and oxygen atoms in total. The van der Waals surface area contributed by atoms with Crippen molar-refractivity contribution in [3.63, 3.8) is 0 Å². The Kier molecular flexibility index (Phi) is 5.54. The molecule has 1 aliphatic carbocycles. The van der Waals surface area contributed by atoms with E-state index in [1.165, 1.54) is 27.8 Å². The predicted octanol–water partition coefficient (Wildman–Crippen LogP) is 4.70. The topological polar surface area (TPSA) is 49.3 Å². The van der Waals surface area contributed by atoms with Crippen LogP contribution in [0.4, 0.5) is 0 Å². The zero-order valence-corrected chi connectivity index (χ0v) is 15.1. The van der Waals surface area contributed by atoms with Crippen molar-refractivity contribution in [3.8, 4) is 11.1 Å². The van der Waals surface area contributed by atoms with Crippen LogP contribution in [0.25, 0.3) is 11.1 Å². The SMILES string of the molecule is Cc1cc(C)cc(-c2ccc(CNC3CCC(C(=O)O)CC3)cc2)c1. The molecular formula is C22H27NO2. The fraction of sp³-hybridized carbons (Fsp3) is 0.409. The molecule has 3 heteroatoms. The molecule has 25 heavy (non-hydrogen) atoms. The summed E-state index contributed by atoms with van der Waals surface area (Å²) in [5.41, 5.74) is 6.37. The summed E-state index contributed by atoms with van der Waals surface area (Å²) in [6.45, 7) is 5.11. The lowest BCUT2D eigenvalue weighted by Crippen LogP contribution is -2.34. The molecule has 132 valence electrons. The largest absolute Gasteiger partial charge is 0.481 e. The second-order valence-electron chi connectivity index (χ2n) is 7.34. The van der Waals surface area contributed by atoms with Crippen LogP contribution in [-0.4, -0.2) is 17.1 Å². The molecule has 0 aliphatic heterocycles. The van der Waals surface area contributed by atoms with Gasteiger partial charge in [-0.3, -0.25) is 4.79 Å². The quantitative estimate of drug-likeness (QED) is 0.831. The number of carboxylic acids is 1. The molecule has 0 atom stereocenters. The van der Waals surface area contributed by atoms with Crippen molar-refractivity contribution < 1.29 is 9.90 Å². The van der Waals surface area contributed by atoms with Crippen LogP contribution in [0.3, 0.4) is 0 Å². The third-order valence-corrected chi connectivity index (χ3v) is 5.18. The second kappa shape index (κ2) is 7.83. The fourth-order valence-electron chi connectivity index (χ4n) is 3.76. The van der Waals surface area contributed by atoms with E-state index in [0.717, 1.165) is 32.2 Å². The normalized spacial score (nSPS) is 20.4. The number of benzene rings is 2. The number of hydrogen-bond donors (Lipinski definition) is 2. The van der Waals surface area contributed by atoms with E-state index in [4.69, 9.17) is 5.11 Å². The summed E-state index contributed by atoms with van der Waals surface area (Å²) >= 11 is 0. The van der Waals surface area contributed by atoms with Gasteiger partial charge in [0.2, 0.25) is 0 Å². The Labute approximate surface area is 150 Å². The molecule has 0 bridgehead atoms. The minimum Gasteiger partial charge on any atom is -0.481 e. The van der Waals surface area contributed by atoms with Gasteiger partial charge in [0.25, 0.3) is 0 Å². The van der Waals surface area contributed by atoms with E-state index in [0.29, 0.717) is 6.04 Å². The van der Waals surface area contributed by atoms with E-state index in [1.807, 2.05) is 0 Å². The van der Waals surface area contributed by atoms with E-state index >= 15 is 0 Å². The van der Waals surface area contributed by atoms with E-state index in [9.17, 15) is 4.79 Å². The Hall–Kier alpha value is -2.13. The van der Waals surface area contributed by atoms with E-state index in [-0.39, 0.29) is 5.92 Å². The maximum absolute atomic E-state index is 11.0. The maximum Gasteiger partial charge on any atom is 0.306 e. The third kappa shape index (κ3) is 4.70. The van der Waals surface area contributed by atoms with E-state index < -0.39 is 5.97 Å². The first kappa shape index (κ1) is 17.7. The number of hydrogen-bond acceptors (Lipinski definition) is 2. The van der Waals surface area contributed by atoms with Crippen LogP contribution in [0.2, 0.25) is 0 Å². The smallest absolute Gasteiger partial charge is 0.306 e. The van der Waals surface area contributed by atoms with Crippen molar-refractivity contribution in [1.82, 2.24) is 5.32 Å². The van der Waals surface area contributed by atoms with Crippen molar-refractivity contribution >= 4 is 5.97 Å². The zero-order chi connectivity index (χ0) is 17.8. The van der Waals surface area contributed by atoms with Gasteiger partial charge in [0.05, 0.1) is 5.92 Å².